The Morgan fingerprint density at radius 1 is 1.19 bits per heavy atom. The highest BCUT2D eigenvalue weighted by atomic mass is 16.2. The lowest BCUT2D eigenvalue weighted by Crippen LogP contribution is -2.37. The monoisotopic (exact) mass is 419 g/mol. The van der Waals surface area contributed by atoms with Crippen molar-refractivity contribution in [3.8, 4) is 22.8 Å². The van der Waals surface area contributed by atoms with Crippen LogP contribution in [0.4, 0.5) is 5.82 Å². The lowest BCUT2D eigenvalue weighted by atomic mass is 9.93. The summed E-state index contributed by atoms with van der Waals surface area (Å²) in [5.74, 6) is 1.44. The average molecular weight is 420 g/mol. The van der Waals surface area contributed by atoms with Crippen molar-refractivity contribution in [1.29, 1.82) is 0 Å². The van der Waals surface area contributed by atoms with Gasteiger partial charge in [-0.15, -0.1) is 0 Å². The van der Waals surface area contributed by atoms with E-state index in [1.54, 1.807) is 12.4 Å². The first-order chi connectivity index (χ1) is 15.1. The van der Waals surface area contributed by atoms with Gasteiger partial charge in [-0.3, -0.25) is 4.79 Å². The summed E-state index contributed by atoms with van der Waals surface area (Å²) in [6.45, 7) is 4.25. The van der Waals surface area contributed by atoms with Crippen LogP contribution in [-0.4, -0.2) is 50.9 Å². The fraction of sp³-hybridized carbons (Fsp3) is 0.391. The zero-order chi connectivity index (χ0) is 21.8. The number of likely N-dealkylation sites (tertiary alicyclic amines) is 1. The Kier molecular flexibility index (Phi) is 6.27. The van der Waals surface area contributed by atoms with E-state index in [-0.39, 0.29) is 11.8 Å². The van der Waals surface area contributed by atoms with Crippen molar-refractivity contribution in [1.82, 2.24) is 30.2 Å². The topological polar surface area (TPSA) is 113 Å². The van der Waals surface area contributed by atoms with Crippen LogP contribution >= 0.6 is 0 Å². The van der Waals surface area contributed by atoms with Crippen LogP contribution in [0.1, 0.15) is 43.4 Å². The van der Waals surface area contributed by atoms with Crippen molar-refractivity contribution < 1.29 is 4.79 Å². The van der Waals surface area contributed by atoms with Crippen LogP contribution in [-0.2, 0) is 11.3 Å². The van der Waals surface area contributed by atoms with Gasteiger partial charge in [0.25, 0.3) is 0 Å². The lowest BCUT2D eigenvalue weighted by molar-refractivity contribution is -0.131. The Morgan fingerprint density at radius 2 is 1.94 bits per heavy atom. The van der Waals surface area contributed by atoms with Crippen LogP contribution in [0.25, 0.3) is 22.8 Å². The van der Waals surface area contributed by atoms with Gasteiger partial charge < -0.3 is 20.9 Å². The van der Waals surface area contributed by atoms with E-state index >= 15 is 0 Å². The molecular weight excluding hydrogens is 390 g/mol. The highest BCUT2D eigenvalue weighted by molar-refractivity contribution is 5.76. The van der Waals surface area contributed by atoms with Crippen LogP contribution in [0.3, 0.4) is 0 Å². The van der Waals surface area contributed by atoms with Gasteiger partial charge in [-0.25, -0.2) is 15.0 Å². The number of carbonyl (C=O) groups is 1. The van der Waals surface area contributed by atoms with E-state index in [4.69, 9.17) is 10.7 Å². The normalized spacial score (nSPS) is 14.7. The molecule has 0 saturated carbocycles. The Hall–Kier alpha value is -3.26. The fourth-order valence-electron chi connectivity index (χ4n) is 4.03. The predicted octanol–water partition coefficient (Wildman–Crippen LogP) is 2.95. The van der Waals surface area contributed by atoms with Crippen molar-refractivity contribution in [2.75, 3.05) is 25.9 Å². The van der Waals surface area contributed by atoms with Gasteiger partial charge in [-0.1, -0.05) is 31.2 Å². The van der Waals surface area contributed by atoms with Crippen molar-refractivity contribution in [2.24, 2.45) is 0 Å². The Bertz CT molecular complexity index is 1040. The molecule has 0 radical (unpaired) electrons. The van der Waals surface area contributed by atoms with Crippen molar-refractivity contribution in [2.45, 2.75) is 38.6 Å². The second-order valence-electron chi connectivity index (χ2n) is 7.91. The minimum Gasteiger partial charge on any atom is -0.382 e. The summed E-state index contributed by atoms with van der Waals surface area (Å²) in [7, 11) is 1.93. The molecular formula is C23H29N7O. The van der Waals surface area contributed by atoms with Crippen LogP contribution in [0.15, 0.2) is 36.7 Å². The smallest absolute Gasteiger partial charge is 0.222 e. The molecule has 1 saturated heterocycles. The van der Waals surface area contributed by atoms with Gasteiger partial charge in [0.05, 0.1) is 23.8 Å². The first kappa shape index (κ1) is 21.0. The van der Waals surface area contributed by atoms with E-state index in [1.807, 2.05) is 18.9 Å². The maximum absolute atomic E-state index is 11.9. The number of nitrogens with two attached hydrogens (primary N) is 1. The van der Waals surface area contributed by atoms with Gasteiger partial charge in [-0.05, 0) is 31.0 Å². The first-order valence-corrected chi connectivity index (χ1v) is 10.8. The van der Waals surface area contributed by atoms with E-state index in [0.29, 0.717) is 23.8 Å². The summed E-state index contributed by atoms with van der Waals surface area (Å²) >= 11 is 0. The summed E-state index contributed by atoms with van der Waals surface area (Å²) in [6, 6.07) is 8.33. The number of nitrogen functional groups attached to an aromatic ring is 1. The van der Waals surface area contributed by atoms with Crippen LogP contribution < -0.4 is 11.1 Å². The molecule has 4 N–H and O–H groups in total. The van der Waals surface area contributed by atoms with E-state index in [9.17, 15) is 4.79 Å². The zero-order valence-corrected chi connectivity index (χ0v) is 18.1. The molecule has 0 unspecified atom stereocenters. The second kappa shape index (κ2) is 9.26. The van der Waals surface area contributed by atoms with E-state index in [2.05, 4.69) is 44.5 Å². The molecule has 1 aliphatic rings. The standard InChI is InChI=1S/C23H29N7O/c1-3-20(31)30-10-8-17(9-11-30)18-13-26-22(24)21(28-18)23-27-14-19(29-23)16-6-4-15(5-7-16)12-25-2/h4-7,13-14,17,25H,3,8-12H2,1-2H3,(H2,24,26)(H,27,29). The number of hydrogen-bond donors (Lipinski definition) is 3. The molecule has 0 atom stereocenters. The number of nitrogens with one attached hydrogen (secondary N) is 2. The molecule has 1 aliphatic heterocycles. The second-order valence-corrected chi connectivity index (χ2v) is 7.91. The molecule has 1 amide bonds. The molecule has 0 spiro atoms. The minimum absolute atomic E-state index is 0.213. The Balaban J connectivity index is 1.52. The number of carbonyl (C=O) groups excluding carboxylic acids is 1. The summed E-state index contributed by atoms with van der Waals surface area (Å²) in [4.78, 5) is 30.9. The van der Waals surface area contributed by atoms with Crippen molar-refractivity contribution in [3.63, 3.8) is 0 Å². The van der Waals surface area contributed by atoms with E-state index in [1.165, 1.54) is 5.56 Å². The molecule has 2 aromatic heterocycles. The van der Waals surface area contributed by atoms with Gasteiger partial charge >= 0.3 is 0 Å². The Labute approximate surface area is 182 Å². The summed E-state index contributed by atoms with van der Waals surface area (Å²) in [6.07, 6.45) is 5.87. The molecule has 3 heterocycles. The number of H-pyrrole nitrogens is 1. The molecule has 0 aliphatic carbocycles. The molecule has 31 heavy (non-hydrogen) atoms. The molecule has 162 valence electrons. The lowest BCUT2D eigenvalue weighted by Gasteiger charge is -2.31. The fourth-order valence-corrected chi connectivity index (χ4v) is 4.03. The largest absolute Gasteiger partial charge is 0.382 e. The Morgan fingerprint density at radius 3 is 2.61 bits per heavy atom. The molecule has 3 aromatic rings. The third-order valence-electron chi connectivity index (χ3n) is 5.83. The van der Waals surface area contributed by atoms with Gasteiger partial charge in [0, 0.05) is 32.0 Å². The maximum atomic E-state index is 11.9. The van der Waals surface area contributed by atoms with Gasteiger partial charge in [0.1, 0.15) is 5.69 Å². The van der Waals surface area contributed by atoms with Crippen molar-refractivity contribution >= 4 is 11.7 Å². The molecule has 4 rings (SSSR count). The molecule has 8 nitrogen and oxygen atoms in total. The van der Waals surface area contributed by atoms with Gasteiger partial charge in [-0.2, -0.15) is 0 Å². The third kappa shape index (κ3) is 4.59. The number of benzene rings is 1. The van der Waals surface area contributed by atoms with Crippen molar-refractivity contribution in [3.05, 3.63) is 47.9 Å². The number of nitrogens with zero attached hydrogens (tertiary/aromatic N) is 4. The number of aromatic nitrogens is 4. The van der Waals surface area contributed by atoms with Crippen LogP contribution in [0, 0.1) is 0 Å². The molecule has 1 fully saturated rings. The molecule has 0 bridgehead atoms. The third-order valence-corrected chi connectivity index (χ3v) is 5.83. The van der Waals surface area contributed by atoms with Gasteiger partial charge in [0.2, 0.25) is 5.91 Å². The molecule has 1 aromatic carbocycles. The minimum atomic E-state index is 0.213. The zero-order valence-electron chi connectivity index (χ0n) is 18.1. The number of anilines is 1. The number of hydrogen-bond acceptors (Lipinski definition) is 6. The average Bonchev–Trinajstić information content (AvgIpc) is 3.30. The number of imidazole rings is 1. The van der Waals surface area contributed by atoms with Crippen LogP contribution in [0.5, 0.6) is 0 Å². The summed E-state index contributed by atoms with van der Waals surface area (Å²) < 4.78 is 0. The van der Waals surface area contributed by atoms with E-state index < -0.39 is 0 Å². The highest BCUT2D eigenvalue weighted by Crippen LogP contribution is 2.30. The number of aromatic amines is 1. The first-order valence-electron chi connectivity index (χ1n) is 10.8. The number of rotatable bonds is 6. The molecule has 8 heteroatoms. The summed E-state index contributed by atoms with van der Waals surface area (Å²) in [5, 5.41) is 3.15. The SMILES string of the molecule is CCC(=O)N1CCC(c2cnc(N)c(-c3ncc(-c4ccc(CNC)cc4)[nH]3)n2)CC1. The predicted molar refractivity (Wildman–Crippen MR) is 121 cm³/mol. The highest BCUT2D eigenvalue weighted by Gasteiger charge is 2.25. The van der Waals surface area contributed by atoms with Gasteiger partial charge in [0.15, 0.2) is 11.6 Å². The van der Waals surface area contributed by atoms with Crippen LogP contribution in [0.2, 0.25) is 0 Å². The van der Waals surface area contributed by atoms with E-state index in [0.717, 1.165) is 49.4 Å². The summed E-state index contributed by atoms with van der Waals surface area (Å²) in [5.41, 5.74) is 10.8. The number of piperidine rings is 1. The number of amides is 1. The maximum Gasteiger partial charge on any atom is 0.222 e. The quantitative estimate of drug-likeness (QED) is 0.566.